The number of hydrogen-bond acceptors (Lipinski definition) is 7. The molecule has 268 valence electrons. The van der Waals surface area contributed by atoms with Gasteiger partial charge in [0.25, 0.3) is 0 Å². The predicted octanol–water partition coefficient (Wildman–Crippen LogP) is 7.74. The maximum Gasteiger partial charge on any atom is 0.153 e. The molecule has 7 rings (SSSR count). The molecule has 1 fully saturated rings. The van der Waals surface area contributed by atoms with Gasteiger partial charge in [-0.2, -0.15) is 0 Å². The van der Waals surface area contributed by atoms with Crippen LogP contribution in [0.1, 0.15) is 22.3 Å². The van der Waals surface area contributed by atoms with Gasteiger partial charge in [-0.05, 0) is 34.4 Å². The molecule has 7 atom stereocenters. The van der Waals surface area contributed by atoms with Gasteiger partial charge in [0.15, 0.2) is 6.10 Å². The third kappa shape index (κ3) is 9.22. The Kier molecular flexibility index (Phi) is 12.5. The Bertz CT molecular complexity index is 1940. The van der Waals surface area contributed by atoms with Crippen molar-refractivity contribution in [2.75, 3.05) is 12.4 Å². The molecule has 0 radical (unpaired) electrons. The largest absolute Gasteiger partial charge is 0.488 e. The molecule has 0 bridgehead atoms. The summed E-state index contributed by atoms with van der Waals surface area (Å²) in [5, 5.41) is 1.57. The van der Waals surface area contributed by atoms with Crippen LogP contribution in [-0.2, 0) is 71.7 Å². The zero-order valence-corrected chi connectivity index (χ0v) is 30.4. The fourth-order valence-electron chi connectivity index (χ4n) is 6.65. The Hall–Kier alpha value is -4.22. The molecular weight excluding hydrogens is 693 g/mol. The molecular formula is C43H42O7S2. The first-order valence-electron chi connectivity index (χ1n) is 17.5. The molecule has 5 aromatic carbocycles. The van der Waals surface area contributed by atoms with Crippen LogP contribution in [0.25, 0.3) is 0 Å². The monoisotopic (exact) mass is 734 g/mol. The third-order valence-electron chi connectivity index (χ3n) is 9.20. The summed E-state index contributed by atoms with van der Waals surface area (Å²) in [6.07, 6.45) is -2.40. The summed E-state index contributed by atoms with van der Waals surface area (Å²) >= 11 is 0. The van der Waals surface area contributed by atoms with Gasteiger partial charge in [0.1, 0.15) is 18.0 Å². The average molecular weight is 735 g/mol. The van der Waals surface area contributed by atoms with Gasteiger partial charge in [0.2, 0.25) is 0 Å². The highest BCUT2D eigenvalue weighted by Crippen LogP contribution is 2.40. The Morgan fingerprint density at radius 1 is 0.481 bits per heavy atom. The van der Waals surface area contributed by atoms with E-state index in [1.807, 2.05) is 127 Å². The van der Waals surface area contributed by atoms with E-state index in [9.17, 15) is 8.42 Å². The fourth-order valence-corrected chi connectivity index (χ4v) is 9.35. The number of fused-ring (bicyclic) bond motifs is 1. The highest BCUT2D eigenvalue weighted by molar-refractivity contribution is 7.90. The van der Waals surface area contributed by atoms with Crippen LogP contribution in [-0.4, -0.2) is 45.2 Å². The Labute approximate surface area is 310 Å². The summed E-state index contributed by atoms with van der Waals surface area (Å²) in [5.74, 6) is 0.120. The number of rotatable bonds is 15. The maximum atomic E-state index is 13.6. The van der Waals surface area contributed by atoms with E-state index in [1.165, 1.54) is 0 Å². The minimum absolute atomic E-state index is 0.0702. The lowest BCUT2D eigenvalue weighted by molar-refractivity contribution is -0.123. The van der Waals surface area contributed by atoms with Crippen molar-refractivity contribution < 1.29 is 32.1 Å². The van der Waals surface area contributed by atoms with E-state index in [0.29, 0.717) is 48.6 Å². The molecule has 1 aliphatic heterocycles. The molecule has 0 N–H and O–H groups in total. The van der Waals surface area contributed by atoms with E-state index >= 15 is 0 Å². The van der Waals surface area contributed by atoms with Gasteiger partial charge in [-0.3, -0.25) is 4.21 Å². The van der Waals surface area contributed by atoms with Crippen molar-refractivity contribution in [1.82, 2.24) is 0 Å². The molecule has 0 saturated heterocycles. The van der Waals surface area contributed by atoms with Gasteiger partial charge in [-0.1, -0.05) is 133 Å². The van der Waals surface area contributed by atoms with Crippen LogP contribution in [0.2, 0.25) is 0 Å². The van der Waals surface area contributed by atoms with Gasteiger partial charge in [-0.15, -0.1) is 0 Å². The number of benzene rings is 5. The Morgan fingerprint density at radius 2 is 0.904 bits per heavy atom. The second-order valence-corrected chi connectivity index (χ2v) is 15.5. The quantitative estimate of drug-likeness (QED) is 0.109. The third-order valence-corrected chi connectivity index (χ3v) is 12.0. The zero-order valence-electron chi connectivity index (χ0n) is 28.7. The van der Waals surface area contributed by atoms with Crippen molar-refractivity contribution in [2.24, 2.45) is 5.92 Å². The van der Waals surface area contributed by atoms with Crippen LogP contribution in [0.15, 0.2) is 167 Å². The fraction of sp³-hybridized carbons (Fsp3) is 0.256. The summed E-state index contributed by atoms with van der Waals surface area (Å²) in [7, 11) is -3.03. The lowest BCUT2D eigenvalue weighted by atomic mass is 10.0. The van der Waals surface area contributed by atoms with Crippen molar-refractivity contribution in [3.63, 3.8) is 0 Å². The Morgan fingerprint density at radius 3 is 1.42 bits per heavy atom. The first-order chi connectivity index (χ1) is 25.6. The first kappa shape index (κ1) is 36.2. The van der Waals surface area contributed by atoms with Crippen molar-refractivity contribution in [3.05, 3.63) is 179 Å². The summed E-state index contributed by atoms with van der Waals surface area (Å²) in [5.41, 5.74) is 4.09. The molecule has 7 nitrogen and oxygen atoms in total. The molecule has 1 aliphatic carbocycles. The normalized spacial score (nSPS) is 24.1. The van der Waals surface area contributed by atoms with Crippen molar-refractivity contribution in [2.45, 2.75) is 60.6 Å². The molecule has 0 amide bonds. The SMILES string of the molecule is O=[S@@]1C=C(O[C@H]2[C@@H](OCc3ccccc3)[C@H](OCc3ccccc3)[C@@H](COCc3ccccc3)[C@@H]2OCc2ccccc2)C[S@@](=O)c2ccccc21. The summed E-state index contributed by atoms with van der Waals surface area (Å²) in [6.45, 7) is 1.69. The molecule has 52 heavy (non-hydrogen) atoms. The van der Waals surface area contributed by atoms with Gasteiger partial charge in [0.05, 0.1) is 76.3 Å². The summed E-state index contributed by atoms with van der Waals surface area (Å²) in [4.78, 5) is 1.07. The highest BCUT2D eigenvalue weighted by Gasteiger charge is 2.55. The van der Waals surface area contributed by atoms with Gasteiger partial charge >= 0.3 is 0 Å². The van der Waals surface area contributed by atoms with E-state index in [0.717, 1.165) is 22.3 Å². The van der Waals surface area contributed by atoms with E-state index in [4.69, 9.17) is 23.7 Å². The number of ether oxygens (including phenoxy) is 5. The minimum Gasteiger partial charge on any atom is -0.488 e. The van der Waals surface area contributed by atoms with E-state index in [2.05, 4.69) is 0 Å². The molecule has 5 aromatic rings. The van der Waals surface area contributed by atoms with Crippen LogP contribution in [0.3, 0.4) is 0 Å². The molecule has 0 unspecified atom stereocenters. The van der Waals surface area contributed by atoms with E-state index < -0.39 is 46.0 Å². The summed E-state index contributed by atoms with van der Waals surface area (Å²) in [6, 6.07) is 47.2. The second-order valence-electron chi connectivity index (χ2n) is 12.8. The van der Waals surface area contributed by atoms with Crippen LogP contribution in [0.5, 0.6) is 0 Å². The summed E-state index contributed by atoms with van der Waals surface area (Å²) < 4.78 is 61.0. The molecule has 9 heteroatoms. The molecule has 2 aliphatic rings. The van der Waals surface area contributed by atoms with Gasteiger partial charge in [0, 0.05) is 11.3 Å². The Balaban J connectivity index is 1.24. The van der Waals surface area contributed by atoms with Gasteiger partial charge in [-0.25, -0.2) is 4.21 Å². The van der Waals surface area contributed by atoms with E-state index in [1.54, 1.807) is 23.6 Å². The molecule has 0 aromatic heterocycles. The lowest BCUT2D eigenvalue weighted by Gasteiger charge is -2.28. The van der Waals surface area contributed by atoms with Crippen LogP contribution >= 0.6 is 0 Å². The smallest absolute Gasteiger partial charge is 0.153 e. The van der Waals surface area contributed by atoms with Crippen molar-refractivity contribution >= 4 is 21.6 Å². The second kappa shape index (κ2) is 18.0. The van der Waals surface area contributed by atoms with Crippen molar-refractivity contribution in [1.29, 1.82) is 0 Å². The van der Waals surface area contributed by atoms with Crippen LogP contribution in [0.4, 0.5) is 0 Å². The molecule has 1 saturated carbocycles. The zero-order chi connectivity index (χ0) is 35.5. The van der Waals surface area contributed by atoms with E-state index in [-0.39, 0.29) is 11.7 Å². The predicted molar refractivity (Wildman–Crippen MR) is 202 cm³/mol. The van der Waals surface area contributed by atoms with Gasteiger partial charge < -0.3 is 23.7 Å². The van der Waals surface area contributed by atoms with Crippen molar-refractivity contribution in [3.8, 4) is 0 Å². The maximum absolute atomic E-state index is 13.6. The first-order valence-corrected chi connectivity index (χ1v) is 20.0. The highest BCUT2D eigenvalue weighted by atomic mass is 32.2. The minimum atomic E-state index is -1.56. The molecule has 1 heterocycles. The number of hydrogen-bond donors (Lipinski definition) is 0. The van der Waals surface area contributed by atoms with Crippen LogP contribution < -0.4 is 0 Å². The van der Waals surface area contributed by atoms with Crippen LogP contribution in [0, 0.1) is 5.92 Å². The topological polar surface area (TPSA) is 80.3 Å². The average Bonchev–Trinajstić information content (AvgIpc) is 3.39. The standard InChI is InChI=1S/C43H42O7S2/c44-51-30-36(31-52(45)39-24-14-13-23-38(39)51)50-43-41(48-27-34-19-9-3-10-20-34)37(29-46-25-32-15-5-1-6-16-32)40(47-26-33-17-7-2-8-18-33)42(43)49-28-35-21-11-4-12-22-35/h1-24,30,37,40-43H,25-29,31H2/t37-,40-,41+,42+,43-,51-,52-/m1/s1. The lowest BCUT2D eigenvalue weighted by Crippen LogP contribution is -2.39. The molecule has 0 spiro atoms.